The highest BCUT2D eigenvalue weighted by Gasteiger charge is 2.16. The van der Waals surface area contributed by atoms with Gasteiger partial charge in [0.15, 0.2) is 0 Å². The Morgan fingerprint density at radius 3 is 2.30 bits per heavy atom. The minimum absolute atomic E-state index is 0.0960. The molecule has 20 heavy (non-hydrogen) atoms. The molecule has 3 rings (SSSR count). The van der Waals surface area contributed by atoms with Crippen molar-refractivity contribution in [1.29, 1.82) is 0 Å². The number of rotatable bonds is 0. The summed E-state index contributed by atoms with van der Waals surface area (Å²) in [6.45, 7) is 5.40. The van der Waals surface area contributed by atoms with Gasteiger partial charge in [0.25, 0.3) is 0 Å². The topological polar surface area (TPSA) is 70.7 Å². The molecule has 0 unspecified atom stereocenters. The molecule has 0 aliphatic rings. The average molecular weight is 270 g/mol. The van der Waals surface area contributed by atoms with Crippen molar-refractivity contribution >= 4 is 21.9 Å². The van der Waals surface area contributed by atoms with Gasteiger partial charge in [0.1, 0.15) is 28.1 Å². The van der Waals surface area contributed by atoms with Gasteiger partial charge in [-0.2, -0.15) is 0 Å². The summed E-state index contributed by atoms with van der Waals surface area (Å²) >= 11 is 0. The van der Waals surface area contributed by atoms with Gasteiger partial charge in [-0.05, 0) is 44.0 Å². The normalized spacial score (nSPS) is 11.3. The predicted octanol–water partition coefficient (Wildman–Crippen LogP) is 3.28. The Balaban J connectivity index is 2.61. The molecular formula is C16H14O4. The van der Waals surface area contributed by atoms with E-state index in [1.807, 2.05) is 13.8 Å². The Bertz CT molecular complexity index is 920. The molecule has 1 heterocycles. The molecule has 0 radical (unpaired) electrons. The van der Waals surface area contributed by atoms with Crippen LogP contribution in [0.3, 0.4) is 0 Å². The van der Waals surface area contributed by atoms with E-state index in [2.05, 4.69) is 0 Å². The maximum Gasteiger partial charge on any atom is 0.204 e. The lowest BCUT2D eigenvalue weighted by Crippen LogP contribution is -2.04. The number of hydrogen-bond acceptors (Lipinski definition) is 4. The molecule has 0 atom stereocenters. The number of aromatic hydroxyl groups is 2. The summed E-state index contributed by atoms with van der Waals surface area (Å²) in [6, 6.07) is 4.91. The Kier molecular flexibility index (Phi) is 2.51. The predicted molar refractivity (Wildman–Crippen MR) is 77.5 cm³/mol. The van der Waals surface area contributed by atoms with Crippen LogP contribution in [-0.4, -0.2) is 10.2 Å². The van der Waals surface area contributed by atoms with Crippen LogP contribution in [0.15, 0.2) is 27.4 Å². The van der Waals surface area contributed by atoms with Crippen LogP contribution < -0.4 is 5.43 Å². The number of phenols is 2. The molecule has 0 aliphatic heterocycles. The number of benzene rings is 2. The van der Waals surface area contributed by atoms with E-state index >= 15 is 0 Å². The molecule has 2 aromatic carbocycles. The van der Waals surface area contributed by atoms with Crippen LogP contribution in [0.25, 0.3) is 21.9 Å². The van der Waals surface area contributed by atoms with E-state index < -0.39 is 0 Å². The molecule has 3 aromatic rings. The number of hydrogen-bond donors (Lipinski definition) is 2. The molecular weight excluding hydrogens is 256 g/mol. The standard InChI is InChI=1S/C16H14O4/c1-7-4-10-12(5-8(7)2)20-13-6-11(17)9(3)15(18)14(13)16(10)19/h4-6,17-18H,1-3H3. The van der Waals surface area contributed by atoms with Gasteiger partial charge in [-0.3, -0.25) is 4.79 Å². The largest absolute Gasteiger partial charge is 0.507 e. The number of fused-ring (bicyclic) bond motifs is 2. The van der Waals surface area contributed by atoms with Gasteiger partial charge in [0, 0.05) is 11.6 Å². The van der Waals surface area contributed by atoms with E-state index in [1.165, 1.54) is 6.07 Å². The third-order valence-corrected chi connectivity index (χ3v) is 3.78. The molecule has 0 saturated heterocycles. The number of phenolic OH excluding ortho intramolecular Hbond substituents is 2. The summed E-state index contributed by atoms with van der Waals surface area (Å²) in [6.07, 6.45) is 0. The molecule has 102 valence electrons. The Labute approximate surface area is 114 Å². The summed E-state index contributed by atoms with van der Waals surface area (Å²) in [5, 5.41) is 20.4. The first-order chi connectivity index (χ1) is 9.40. The van der Waals surface area contributed by atoms with Gasteiger partial charge in [0.2, 0.25) is 5.43 Å². The highest BCUT2D eigenvalue weighted by molar-refractivity contribution is 5.95. The second-order valence-corrected chi connectivity index (χ2v) is 5.11. The summed E-state index contributed by atoms with van der Waals surface area (Å²) in [5.41, 5.74) is 2.62. The van der Waals surface area contributed by atoms with Crippen molar-refractivity contribution in [1.82, 2.24) is 0 Å². The minimum atomic E-state index is -0.287. The van der Waals surface area contributed by atoms with Gasteiger partial charge in [-0.25, -0.2) is 0 Å². The van der Waals surface area contributed by atoms with Crippen molar-refractivity contribution in [2.24, 2.45) is 0 Å². The van der Waals surface area contributed by atoms with Crippen molar-refractivity contribution in [3.05, 3.63) is 45.1 Å². The summed E-state index contributed by atoms with van der Waals surface area (Å²) in [4.78, 5) is 12.5. The van der Waals surface area contributed by atoms with E-state index in [1.54, 1.807) is 19.1 Å². The maximum absolute atomic E-state index is 12.5. The van der Waals surface area contributed by atoms with Crippen LogP contribution in [-0.2, 0) is 0 Å². The third kappa shape index (κ3) is 1.58. The fraction of sp³-hybridized carbons (Fsp3) is 0.188. The van der Waals surface area contributed by atoms with E-state index in [4.69, 9.17) is 4.42 Å². The van der Waals surface area contributed by atoms with Gasteiger partial charge < -0.3 is 14.6 Å². The van der Waals surface area contributed by atoms with E-state index in [0.717, 1.165) is 11.1 Å². The summed E-state index contributed by atoms with van der Waals surface area (Å²) in [7, 11) is 0. The van der Waals surface area contributed by atoms with Gasteiger partial charge in [-0.1, -0.05) is 0 Å². The lowest BCUT2D eigenvalue weighted by Gasteiger charge is -2.08. The van der Waals surface area contributed by atoms with Crippen molar-refractivity contribution < 1.29 is 14.6 Å². The minimum Gasteiger partial charge on any atom is -0.507 e. The second-order valence-electron chi connectivity index (χ2n) is 5.11. The van der Waals surface area contributed by atoms with Crippen LogP contribution in [0.2, 0.25) is 0 Å². The van der Waals surface area contributed by atoms with Gasteiger partial charge in [0.05, 0.1) is 5.39 Å². The summed E-state index contributed by atoms with van der Waals surface area (Å²) in [5.74, 6) is -0.324. The highest BCUT2D eigenvalue weighted by Crippen LogP contribution is 2.34. The monoisotopic (exact) mass is 270 g/mol. The maximum atomic E-state index is 12.5. The van der Waals surface area contributed by atoms with E-state index in [9.17, 15) is 15.0 Å². The third-order valence-electron chi connectivity index (χ3n) is 3.78. The molecule has 0 fully saturated rings. The Hall–Kier alpha value is -2.49. The zero-order chi connectivity index (χ0) is 14.6. The van der Waals surface area contributed by atoms with Gasteiger partial charge in [-0.15, -0.1) is 0 Å². The first kappa shape index (κ1) is 12.5. The Morgan fingerprint density at radius 1 is 0.950 bits per heavy atom. The van der Waals surface area contributed by atoms with Crippen molar-refractivity contribution in [3.63, 3.8) is 0 Å². The average Bonchev–Trinajstić information content (AvgIpc) is 2.39. The first-order valence-corrected chi connectivity index (χ1v) is 6.29. The zero-order valence-corrected chi connectivity index (χ0v) is 11.4. The summed E-state index contributed by atoms with van der Waals surface area (Å²) < 4.78 is 5.66. The fourth-order valence-electron chi connectivity index (χ4n) is 2.33. The van der Waals surface area contributed by atoms with E-state index in [0.29, 0.717) is 11.0 Å². The fourth-order valence-corrected chi connectivity index (χ4v) is 2.33. The molecule has 2 N–H and O–H groups in total. The number of aryl methyl sites for hydroxylation is 2. The second kappa shape index (κ2) is 4.00. The molecule has 1 aromatic heterocycles. The molecule has 0 spiro atoms. The van der Waals surface area contributed by atoms with Crippen molar-refractivity contribution in [3.8, 4) is 11.5 Å². The van der Waals surface area contributed by atoms with Crippen LogP contribution >= 0.6 is 0 Å². The smallest absolute Gasteiger partial charge is 0.204 e. The zero-order valence-electron chi connectivity index (χ0n) is 11.4. The highest BCUT2D eigenvalue weighted by atomic mass is 16.3. The Morgan fingerprint density at radius 2 is 1.60 bits per heavy atom. The lowest BCUT2D eigenvalue weighted by molar-refractivity contribution is 0.445. The van der Waals surface area contributed by atoms with Crippen LogP contribution in [0, 0.1) is 20.8 Å². The quantitative estimate of drug-likeness (QED) is 0.615. The van der Waals surface area contributed by atoms with Gasteiger partial charge >= 0.3 is 0 Å². The van der Waals surface area contributed by atoms with Crippen LogP contribution in [0.1, 0.15) is 16.7 Å². The molecule has 4 nitrogen and oxygen atoms in total. The molecule has 4 heteroatoms. The molecule has 0 aliphatic carbocycles. The van der Waals surface area contributed by atoms with Crippen molar-refractivity contribution in [2.75, 3.05) is 0 Å². The van der Waals surface area contributed by atoms with Crippen LogP contribution in [0.5, 0.6) is 11.5 Å². The van der Waals surface area contributed by atoms with Crippen LogP contribution in [0.4, 0.5) is 0 Å². The molecule has 0 amide bonds. The first-order valence-electron chi connectivity index (χ1n) is 6.29. The van der Waals surface area contributed by atoms with Crippen molar-refractivity contribution in [2.45, 2.75) is 20.8 Å². The molecule has 0 saturated carbocycles. The molecule has 0 bridgehead atoms. The van der Waals surface area contributed by atoms with E-state index in [-0.39, 0.29) is 33.5 Å². The SMILES string of the molecule is Cc1cc2oc3cc(O)c(C)c(O)c3c(=O)c2cc1C. The lowest BCUT2D eigenvalue weighted by atomic mass is 10.0.